The predicted octanol–water partition coefficient (Wildman–Crippen LogP) is 2.44. The van der Waals surface area contributed by atoms with Crippen molar-refractivity contribution in [2.45, 2.75) is 76.8 Å². The topological polar surface area (TPSA) is 155 Å². The Balaban J connectivity index is 0.000000566. The molecular weight excluding hydrogens is 599 g/mol. The monoisotopic (exact) mass is 633 g/mol. The molecule has 236 valence electrons. The zero-order valence-corrected chi connectivity index (χ0v) is 25.9. The van der Waals surface area contributed by atoms with Crippen LogP contribution in [0.15, 0.2) is 35.1 Å². The number of alkyl halides is 3. The van der Waals surface area contributed by atoms with E-state index in [0.717, 1.165) is 34.6 Å². The van der Waals surface area contributed by atoms with Crippen LogP contribution in [0.5, 0.6) is 0 Å². The SMILES string of the molecule is CCC1(OC(=O)CC[NH3+])C(=O)OCc2c1cc1n(c2=O)Cc2c-1nc1ccccc1c2CC[Si](C)(C)C.O=C([O-])C(F)(F)F. The van der Waals surface area contributed by atoms with Crippen molar-refractivity contribution in [1.29, 1.82) is 0 Å². The molecule has 0 fully saturated rings. The summed E-state index contributed by atoms with van der Waals surface area (Å²) in [6, 6.07) is 11.1. The zero-order chi connectivity index (χ0) is 32.6. The molecule has 3 N–H and O–H groups in total. The molecule has 2 aromatic heterocycles. The summed E-state index contributed by atoms with van der Waals surface area (Å²) >= 11 is 0. The Morgan fingerprint density at radius 3 is 2.43 bits per heavy atom. The molecule has 3 aromatic rings. The van der Waals surface area contributed by atoms with Crippen LogP contribution < -0.4 is 16.4 Å². The van der Waals surface area contributed by atoms with Gasteiger partial charge in [-0.25, -0.2) is 9.78 Å². The third-order valence-electron chi connectivity index (χ3n) is 7.71. The number of aromatic nitrogens is 2. The fourth-order valence-corrected chi connectivity index (χ4v) is 6.45. The summed E-state index contributed by atoms with van der Waals surface area (Å²) in [6.07, 6.45) is -4.04. The average Bonchev–Trinajstić information content (AvgIpc) is 3.31. The van der Waals surface area contributed by atoms with Crippen molar-refractivity contribution in [2.75, 3.05) is 6.54 Å². The molecule has 0 bridgehead atoms. The fraction of sp³-hybridized carbons (Fsp3) is 0.433. The van der Waals surface area contributed by atoms with Gasteiger partial charge in [-0.15, -0.1) is 0 Å². The van der Waals surface area contributed by atoms with Crippen LogP contribution in [0, 0.1) is 0 Å². The predicted molar refractivity (Wildman–Crippen MR) is 154 cm³/mol. The summed E-state index contributed by atoms with van der Waals surface area (Å²) in [4.78, 5) is 53.2. The number of aryl methyl sites for hydroxylation is 1. The van der Waals surface area contributed by atoms with Crippen LogP contribution in [0.25, 0.3) is 22.3 Å². The highest BCUT2D eigenvalue weighted by molar-refractivity contribution is 6.76. The van der Waals surface area contributed by atoms with Crippen LogP contribution in [0.2, 0.25) is 25.7 Å². The maximum atomic E-state index is 13.8. The molecule has 0 spiro atoms. The van der Waals surface area contributed by atoms with Crippen molar-refractivity contribution in [3.8, 4) is 11.4 Å². The first kappa shape index (κ1) is 32.9. The third kappa shape index (κ3) is 6.27. The van der Waals surface area contributed by atoms with Gasteiger partial charge in [0.2, 0.25) is 5.60 Å². The number of carboxylic acid groups (broad SMARTS) is 1. The first-order valence-electron chi connectivity index (χ1n) is 14.2. The van der Waals surface area contributed by atoms with Crippen molar-refractivity contribution in [3.63, 3.8) is 0 Å². The quantitative estimate of drug-likeness (QED) is 0.240. The summed E-state index contributed by atoms with van der Waals surface area (Å²) in [5.74, 6) is -4.20. The summed E-state index contributed by atoms with van der Waals surface area (Å²) in [5, 5.41) is 9.90. The van der Waals surface area contributed by atoms with Crippen molar-refractivity contribution in [1.82, 2.24) is 9.55 Å². The molecule has 10 nitrogen and oxygen atoms in total. The van der Waals surface area contributed by atoms with Gasteiger partial charge in [0.25, 0.3) is 5.56 Å². The minimum absolute atomic E-state index is 0.0745. The molecule has 14 heteroatoms. The number of para-hydroxylation sites is 1. The number of pyridine rings is 2. The highest BCUT2D eigenvalue weighted by Gasteiger charge is 2.50. The van der Waals surface area contributed by atoms with E-state index in [-0.39, 0.29) is 25.0 Å². The molecule has 44 heavy (non-hydrogen) atoms. The third-order valence-corrected chi connectivity index (χ3v) is 9.46. The maximum Gasteiger partial charge on any atom is 0.430 e. The number of fused-ring (bicyclic) bond motifs is 5. The van der Waals surface area contributed by atoms with Crippen molar-refractivity contribution < 1.29 is 47.9 Å². The van der Waals surface area contributed by atoms with Crippen LogP contribution >= 0.6 is 0 Å². The van der Waals surface area contributed by atoms with E-state index in [4.69, 9.17) is 24.4 Å². The Hall–Kier alpha value is -4.04. The van der Waals surface area contributed by atoms with Crippen LogP contribution in [-0.4, -0.2) is 48.3 Å². The summed E-state index contributed by atoms with van der Waals surface area (Å²) in [6.45, 7) is 9.47. The highest BCUT2D eigenvalue weighted by atomic mass is 28.3. The van der Waals surface area contributed by atoms with Crippen LogP contribution in [0.1, 0.15) is 42.0 Å². The number of ether oxygens (including phenoxy) is 2. The van der Waals surface area contributed by atoms with E-state index in [1.807, 2.05) is 24.3 Å². The number of hydrogen-bond donors (Lipinski definition) is 1. The first-order valence-corrected chi connectivity index (χ1v) is 17.9. The van der Waals surface area contributed by atoms with Gasteiger partial charge in [0.05, 0.1) is 42.0 Å². The number of nitrogens with zero attached hydrogens (tertiary/aromatic N) is 2. The van der Waals surface area contributed by atoms with Gasteiger partial charge in [0.15, 0.2) is 0 Å². The molecule has 1 atom stereocenters. The van der Waals surface area contributed by atoms with Gasteiger partial charge in [-0.2, -0.15) is 13.2 Å². The first-order chi connectivity index (χ1) is 20.5. The summed E-state index contributed by atoms with van der Waals surface area (Å²) in [5.41, 5.74) is 7.17. The molecular formula is C30H34F3N3O7Si. The minimum atomic E-state index is -5.19. The number of aliphatic carboxylic acids is 1. The Kier molecular flexibility index (Phi) is 9.08. The Bertz CT molecular complexity index is 1700. The van der Waals surface area contributed by atoms with Crippen molar-refractivity contribution >= 4 is 36.9 Å². The lowest BCUT2D eigenvalue weighted by Gasteiger charge is -2.35. The molecule has 0 saturated heterocycles. The number of esters is 2. The number of carbonyl (C=O) groups is 3. The van der Waals surface area contributed by atoms with E-state index in [2.05, 4.69) is 31.4 Å². The second-order valence-electron chi connectivity index (χ2n) is 11.9. The zero-order valence-electron chi connectivity index (χ0n) is 24.9. The second kappa shape index (κ2) is 12.2. The Labute approximate surface area is 252 Å². The van der Waals surface area contributed by atoms with E-state index in [1.54, 1.807) is 11.5 Å². The number of quaternary nitrogens is 1. The van der Waals surface area contributed by atoms with Crippen LogP contribution in [-0.2, 0) is 49.0 Å². The Morgan fingerprint density at radius 2 is 1.84 bits per heavy atom. The molecule has 5 rings (SSSR count). The van der Waals surface area contributed by atoms with E-state index in [1.165, 1.54) is 5.56 Å². The number of benzene rings is 1. The molecule has 4 heterocycles. The largest absolute Gasteiger partial charge is 0.542 e. The molecule has 0 aliphatic carbocycles. The van der Waals surface area contributed by atoms with E-state index >= 15 is 0 Å². The van der Waals surface area contributed by atoms with Gasteiger partial charge in [-0.1, -0.05) is 50.8 Å². The van der Waals surface area contributed by atoms with Crippen LogP contribution in [0.4, 0.5) is 13.2 Å². The molecule has 2 aliphatic heterocycles. The molecule has 0 amide bonds. The summed E-state index contributed by atoms with van der Waals surface area (Å²) < 4.78 is 44.5. The standard InChI is InChI=1S/C28H33N3O5Si.C2HF3O2/c1-5-28(36-24(32)10-12-29)21-14-23-25-19(15-31(23)26(33)20(21)16-35-27(28)34)17(11-13-37(2,3)4)18-8-6-7-9-22(18)30-25;3-2(4,5)1(6)7/h6-9,14H,5,10-13,15-16,29H2,1-4H3;(H,6,7). The lowest BCUT2D eigenvalue weighted by molar-refractivity contribution is -0.367. The van der Waals surface area contributed by atoms with E-state index in [0.29, 0.717) is 29.9 Å². The van der Waals surface area contributed by atoms with Gasteiger partial charge in [-0.05, 0) is 30.5 Å². The normalized spacial score (nSPS) is 17.1. The van der Waals surface area contributed by atoms with Gasteiger partial charge < -0.3 is 29.7 Å². The average molecular weight is 634 g/mol. The van der Waals surface area contributed by atoms with Gasteiger partial charge in [0.1, 0.15) is 12.6 Å². The number of carboxylic acids is 1. The number of cyclic esters (lactones) is 1. The molecule has 2 aliphatic rings. The number of rotatable bonds is 7. The van der Waals surface area contributed by atoms with Crippen LogP contribution in [0.3, 0.4) is 0 Å². The lowest BCUT2D eigenvalue weighted by Crippen LogP contribution is -2.52. The van der Waals surface area contributed by atoms with Gasteiger partial charge >= 0.3 is 18.1 Å². The second-order valence-corrected chi connectivity index (χ2v) is 17.5. The molecule has 1 unspecified atom stereocenters. The van der Waals surface area contributed by atoms with Gasteiger partial charge in [0, 0.05) is 24.6 Å². The number of carbonyl (C=O) groups excluding carboxylic acids is 3. The number of hydrogen-bond acceptors (Lipinski definition) is 8. The minimum Gasteiger partial charge on any atom is -0.542 e. The maximum absolute atomic E-state index is 13.8. The summed E-state index contributed by atoms with van der Waals surface area (Å²) in [7, 11) is -1.32. The molecule has 1 aromatic carbocycles. The van der Waals surface area contributed by atoms with E-state index < -0.39 is 37.8 Å². The lowest BCUT2D eigenvalue weighted by atomic mass is 9.85. The fourth-order valence-electron chi connectivity index (χ4n) is 5.45. The molecule has 0 saturated carbocycles. The number of halogens is 3. The van der Waals surface area contributed by atoms with E-state index in [9.17, 15) is 27.6 Å². The van der Waals surface area contributed by atoms with Crippen molar-refractivity contribution in [2.24, 2.45) is 0 Å². The van der Waals surface area contributed by atoms with Gasteiger partial charge in [-0.3, -0.25) is 9.59 Å². The molecule has 0 radical (unpaired) electrons. The van der Waals surface area contributed by atoms with Crippen molar-refractivity contribution in [3.05, 3.63) is 62.9 Å². The Morgan fingerprint density at radius 1 is 1.18 bits per heavy atom. The smallest absolute Gasteiger partial charge is 0.430 e. The highest BCUT2D eigenvalue weighted by Crippen LogP contribution is 2.42.